The van der Waals surface area contributed by atoms with E-state index in [1.165, 1.54) is 31.6 Å². The van der Waals surface area contributed by atoms with Crippen molar-refractivity contribution in [3.63, 3.8) is 0 Å². The highest BCUT2D eigenvalue weighted by Gasteiger charge is 2.13. The molecular formula is C20H11FS. The molecule has 2 heteroatoms. The Kier molecular flexibility index (Phi) is 2.36. The summed E-state index contributed by atoms with van der Waals surface area (Å²) in [7, 11) is 0. The maximum absolute atomic E-state index is 13.8. The molecule has 0 bridgehead atoms. The summed E-state index contributed by atoms with van der Waals surface area (Å²) in [4.78, 5) is 0. The van der Waals surface area contributed by atoms with Crippen molar-refractivity contribution in [2.75, 3.05) is 0 Å². The SMILES string of the molecule is Fc1ccc2sc3c4ccccc4c4ccccc4c3c2c1. The minimum atomic E-state index is -0.176. The van der Waals surface area contributed by atoms with Crippen LogP contribution in [-0.2, 0) is 0 Å². The highest BCUT2D eigenvalue weighted by Crippen LogP contribution is 2.43. The average molecular weight is 302 g/mol. The lowest BCUT2D eigenvalue weighted by atomic mass is 9.97. The number of benzene rings is 4. The molecule has 0 aliphatic heterocycles. The predicted octanol–water partition coefficient (Wildman–Crippen LogP) is 6.50. The van der Waals surface area contributed by atoms with E-state index >= 15 is 0 Å². The summed E-state index contributed by atoms with van der Waals surface area (Å²) in [6.45, 7) is 0. The fourth-order valence-corrected chi connectivity index (χ4v) is 4.62. The van der Waals surface area contributed by atoms with Crippen molar-refractivity contribution < 1.29 is 4.39 Å². The standard InChI is InChI=1S/C20H11FS/c21-12-9-10-18-17(11-12)19-15-7-3-1-5-13(15)14-6-2-4-8-16(14)20(19)22-18/h1-11H. The van der Waals surface area contributed by atoms with Crippen molar-refractivity contribution in [2.24, 2.45) is 0 Å². The van der Waals surface area contributed by atoms with Gasteiger partial charge in [0.1, 0.15) is 5.82 Å². The zero-order valence-electron chi connectivity index (χ0n) is 11.6. The molecule has 22 heavy (non-hydrogen) atoms. The summed E-state index contributed by atoms with van der Waals surface area (Å²) in [6.07, 6.45) is 0. The molecule has 0 spiro atoms. The molecule has 0 aliphatic rings. The molecule has 0 nitrogen and oxygen atoms in total. The molecule has 4 aromatic carbocycles. The minimum absolute atomic E-state index is 0.176. The van der Waals surface area contributed by atoms with E-state index in [1.807, 2.05) is 6.07 Å². The van der Waals surface area contributed by atoms with E-state index in [9.17, 15) is 4.39 Å². The van der Waals surface area contributed by atoms with Gasteiger partial charge in [0.05, 0.1) is 0 Å². The Balaban J connectivity index is 2.22. The number of hydrogen-bond acceptors (Lipinski definition) is 1. The molecule has 0 fully saturated rings. The number of fused-ring (bicyclic) bond motifs is 8. The third kappa shape index (κ3) is 1.50. The van der Waals surface area contributed by atoms with Gasteiger partial charge >= 0.3 is 0 Å². The lowest BCUT2D eigenvalue weighted by Crippen LogP contribution is -1.79. The molecule has 0 aliphatic carbocycles. The number of hydrogen-bond donors (Lipinski definition) is 0. The normalized spacial score (nSPS) is 11.9. The van der Waals surface area contributed by atoms with Gasteiger partial charge in [0, 0.05) is 25.6 Å². The highest BCUT2D eigenvalue weighted by molar-refractivity contribution is 7.27. The van der Waals surface area contributed by atoms with Gasteiger partial charge in [0.15, 0.2) is 0 Å². The first kappa shape index (κ1) is 12.1. The molecule has 0 atom stereocenters. The van der Waals surface area contributed by atoms with Crippen LogP contribution in [0.2, 0.25) is 0 Å². The zero-order valence-corrected chi connectivity index (χ0v) is 12.5. The van der Waals surface area contributed by atoms with Gasteiger partial charge in [-0.15, -0.1) is 11.3 Å². The summed E-state index contributed by atoms with van der Waals surface area (Å²) in [5, 5.41) is 7.13. The second-order valence-corrected chi connectivity index (χ2v) is 6.59. The minimum Gasteiger partial charge on any atom is -0.207 e. The summed E-state index contributed by atoms with van der Waals surface area (Å²) in [6, 6.07) is 22.0. The van der Waals surface area contributed by atoms with Crippen molar-refractivity contribution in [1.29, 1.82) is 0 Å². The monoisotopic (exact) mass is 302 g/mol. The highest BCUT2D eigenvalue weighted by atomic mass is 32.1. The third-order valence-electron chi connectivity index (χ3n) is 4.31. The molecule has 0 amide bonds. The van der Waals surface area contributed by atoms with E-state index in [0.717, 1.165) is 10.1 Å². The van der Waals surface area contributed by atoms with Crippen LogP contribution in [0, 0.1) is 5.82 Å². The van der Waals surface area contributed by atoms with Crippen LogP contribution in [-0.4, -0.2) is 0 Å². The van der Waals surface area contributed by atoms with Gasteiger partial charge in [-0.1, -0.05) is 48.5 Å². The molecule has 0 radical (unpaired) electrons. The summed E-state index contributed by atoms with van der Waals surface area (Å²) < 4.78 is 16.1. The molecule has 104 valence electrons. The lowest BCUT2D eigenvalue weighted by molar-refractivity contribution is 0.630. The van der Waals surface area contributed by atoms with Crippen LogP contribution in [0.1, 0.15) is 0 Å². The fourth-order valence-electron chi connectivity index (χ4n) is 3.38. The van der Waals surface area contributed by atoms with E-state index in [0.29, 0.717) is 0 Å². The van der Waals surface area contributed by atoms with Crippen LogP contribution in [0.15, 0.2) is 66.7 Å². The lowest BCUT2D eigenvalue weighted by Gasteiger charge is -2.06. The zero-order chi connectivity index (χ0) is 14.7. The smallest absolute Gasteiger partial charge is 0.123 e. The van der Waals surface area contributed by atoms with Gasteiger partial charge in [-0.25, -0.2) is 4.39 Å². The van der Waals surface area contributed by atoms with Crippen LogP contribution >= 0.6 is 11.3 Å². The quantitative estimate of drug-likeness (QED) is 0.286. The number of rotatable bonds is 0. The first-order valence-electron chi connectivity index (χ1n) is 7.24. The van der Waals surface area contributed by atoms with Gasteiger partial charge < -0.3 is 0 Å². The van der Waals surface area contributed by atoms with Crippen LogP contribution < -0.4 is 0 Å². The summed E-state index contributed by atoms with van der Waals surface area (Å²) in [5.74, 6) is -0.176. The van der Waals surface area contributed by atoms with E-state index in [-0.39, 0.29) is 5.82 Å². The first-order valence-corrected chi connectivity index (χ1v) is 8.06. The van der Waals surface area contributed by atoms with Gasteiger partial charge in [-0.3, -0.25) is 0 Å². The first-order chi connectivity index (χ1) is 10.8. The van der Waals surface area contributed by atoms with Gasteiger partial charge in [0.2, 0.25) is 0 Å². The number of thiophene rings is 1. The largest absolute Gasteiger partial charge is 0.207 e. The molecule has 0 unspecified atom stereocenters. The van der Waals surface area contributed by atoms with Crippen LogP contribution in [0.25, 0.3) is 41.7 Å². The van der Waals surface area contributed by atoms with Crippen LogP contribution in [0.5, 0.6) is 0 Å². The maximum Gasteiger partial charge on any atom is 0.123 e. The fraction of sp³-hybridized carbons (Fsp3) is 0. The van der Waals surface area contributed by atoms with Crippen LogP contribution in [0.3, 0.4) is 0 Å². The molecule has 0 saturated heterocycles. The topological polar surface area (TPSA) is 0 Å². The Bertz CT molecular complexity index is 1180. The molecule has 0 saturated carbocycles. The average Bonchev–Trinajstić information content (AvgIpc) is 2.94. The molecule has 5 aromatic rings. The van der Waals surface area contributed by atoms with Crippen molar-refractivity contribution in [3.8, 4) is 0 Å². The third-order valence-corrected chi connectivity index (χ3v) is 5.51. The van der Waals surface area contributed by atoms with Gasteiger partial charge in [-0.2, -0.15) is 0 Å². The summed E-state index contributed by atoms with van der Waals surface area (Å²) >= 11 is 1.75. The molecule has 5 rings (SSSR count). The van der Waals surface area contributed by atoms with E-state index in [4.69, 9.17) is 0 Å². The second kappa shape index (κ2) is 4.28. The van der Waals surface area contributed by atoms with Crippen molar-refractivity contribution in [3.05, 3.63) is 72.5 Å². The van der Waals surface area contributed by atoms with Gasteiger partial charge in [-0.05, 0) is 34.4 Å². The molecular weight excluding hydrogens is 291 g/mol. The Morgan fingerprint density at radius 2 is 1.27 bits per heavy atom. The van der Waals surface area contributed by atoms with Gasteiger partial charge in [0.25, 0.3) is 0 Å². The number of halogens is 1. The van der Waals surface area contributed by atoms with Crippen molar-refractivity contribution in [2.45, 2.75) is 0 Å². The Hall–Kier alpha value is -2.45. The molecule has 1 heterocycles. The van der Waals surface area contributed by atoms with E-state index < -0.39 is 0 Å². The Labute approximate surface area is 130 Å². The molecule has 1 aromatic heterocycles. The predicted molar refractivity (Wildman–Crippen MR) is 94.3 cm³/mol. The van der Waals surface area contributed by atoms with E-state index in [2.05, 4.69) is 48.5 Å². The van der Waals surface area contributed by atoms with Crippen molar-refractivity contribution in [1.82, 2.24) is 0 Å². The second-order valence-electron chi connectivity index (χ2n) is 5.54. The molecule has 0 N–H and O–H groups in total. The van der Waals surface area contributed by atoms with Crippen molar-refractivity contribution >= 4 is 53.1 Å². The van der Waals surface area contributed by atoms with Crippen LogP contribution in [0.4, 0.5) is 4.39 Å². The van der Waals surface area contributed by atoms with E-state index in [1.54, 1.807) is 23.5 Å². The maximum atomic E-state index is 13.8. The Morgan fingerprint density at radius 1 is 0.636 bits per heavy atom. The summed E-state index contributed by atoms with van der Waals surface area (Å²) in [5.41, 5.74) is 0. The Morgan fingerprint density at radius 3 is 2.05 bits per heavy atom.